The molecule has 0 aliphatic heterocycles. The van der Waals surface area contributed by atoms with Crippen LogP contribution in [0.15, 0.2) is 77.7 Å². The fourth-order valence-electron chi connectivity index (χ4n) is 2.78. The molecule has 0 aromatic heterocycles. The lowest BCUT2D eigenvalue weighted by atomic mass is 10.2. The van der Waals surface area contributed by atoms with Gasteiger partial charge in [0.05, 0.1) is 15.5 Å². The minimum absolute atomic E-state index is 0.0841. The lowest BCUT2D eigenvalue weighted by Gasteiger charge is -2.23. The second-order valence-electron chi connectivity index (χ2n) is 6.01. The maximum atomic E-state index is 13.2. The van der Waals surface area contributed by atoms with E-state index in [9.17, 15) is 18.5 Å². The minimum atomic E-state index is -4.04. The summed E-state index contributed by atoms with van der Waals surface area (Å²) < 4.78 is 33.3. The lowest BCUT2D eigenvalue weighted by molar-refractivity contribution is -0.385. The Bertz CT molecular complexity index is 1110. The van der Waals surface area contributed by atoms with E-state index in [0.29, 0.717) is 17.2 Å². The number of para-hydroxylation sites is 3. The monoisotopic (exact) mass is 398 g/mol. The Morgan fingerprint density at radius 1 is 0.929 bits per heavy atom. The number of anilines is 1. The van der Waals surface area contributed by atoms with Crippen LogP contribution in [0.1, 0.15) is 5.56 Å². The number of ether oxygens (including phenoxy) is 1. The Morgan fingerprint density at radius 2 is 1.57 bits per heavy atom. The van der Waals surface area contributed by atoms with Gasteiger partial charge in [0.2, 0.25) is 0 Å². The molecule has 0 unspecified atom stereocenters. The van der Waals surface area contributed by atoms with Crippen molar-refractivity contribution in [3.05, 3.63) is 88.5 Å². The van der Waals surface area contributed by atoms with Crippen LogP contribution >= 0.6 is 0 Å². The SMILES string of the molecule is Cc1c([N+](=O)[O-])cccc1S(=O)(=O)N(C)c1ccccc1Oc1ccccc1. The molecule has 0 saturated carbocycles. The predicted molar refractivity (Wildman–Crippen MR) is 106 cm³/mol. The van der Waals surface area contributed by atoms with E-state index in [1.165, 1.54) is 32.2 Å². The van der Waals surface area contributed by atoms with Crippen LogP contribution in [0.4, 0.5) is 11.4 Å². The summed E-state index contributed by atoms with van der Waals surface area (Å²) >= 11 is 0. The molecular weight excluding hydrogens is 380 g/mol. The van der Waals surface area contributed by atoms with Crippen LogP contribution in [0.2, 0.25) is 0 Å². The standard InChI is InChI=1S/C20H18N2O5S/c1-15-17(22(23)24)12-8-14-20(15)28(25,26)21(2)18-11-6-7-13-19(18)27-16-9-4-3-5-10-16/h3-14H,1-2H3. The quantitative estimate of drug-likeness (QED) is 0.450. The second kappa shape index (κ2) is 7.69. The van der Waals surface area contributed by atoms with Gasteiger partial charge in [-0.05, 0) is 37.3 Å². The van der Waals surface area contributed by atoms with Crippen molar-refractivity contribution in [2.75, 3.05) is 11.4 Å². The summed E-state index contributed by atoms with van der Waals surface area (Å²) in [5.74, 6) is 0.912. The van der Waals surface area contributed by atoms with E-state index in [-0.39, 0.29) is 16.1 Å². The van der Waals surface area contributed by atoms with E-state index < -0.39 is 14.9 Å². The molecule has 0 amide bonds. The molecule has 0 atom stereocenters. The first-order valence-electron chi connectivity index (χ1n) is 8.37. The topological polar surface area (TPSA) is 89.8 Å². The summed E-state index contributed by atoms with van der Waals surface area (Å²) in [6.07, 6.45) is 0. The van der Waals surface area contributed by atoms with Gasteiger partial charge in [-0.15, -0.1) is 0 Å². The molecule has 0 spiro atoms. The summed E-state index contributed by atoms with van der Waals surface area (Å²) in [5.41, 5.74) is 0.154. The number of nitro groups is 1. The molecule has 3 aromatic carbocycles. The van der Waals surface area contributed by atoms with Gasteiger partial charge in [-0.1, -0.05) is 36.4 Å². The van der Waals surface area contributed by atoms with Crippen molar-refractivity contribution in [1.82, 2.24) is 0 Å². The van der Waals surface area contributed by atoms with Crippen molar-refractivity contribution in [2.45, 2.75) is 11.8 Å². The zero-order chi connectivity index (χ0) is 20.3. The molecule has 0 fully saturated rings. The van der Waals surface area contributed by atoms with Crippen molar-refractivity contribution in [1.29, 1.82) is 0 Å². The van der Waals surface area contributed by atoms with Crippen LogP contribution in [0.5, 0.6) is 11.5 Å². The molecule has 28 heavy (non-hydrogen) atoms. The van der Waals surface area contributed by atoms with E-state index in [0.717, 1.165) is 4.31 Å². The molecule has 7 nitrogen and oxygen atoms in total. The Morgan fingerprint density at radius 3 is 2.25 bits per heavy atom. The Kier molecular flexibility index (Phi) is 5.32. The molecule has 0 N–H and O–H groups in total. The summed E-state index contributed by atoms with van der Waals surface area (Å²) in [6.45, 7) is 1.42. The molecule has 3 rings (SSSR count). The summed E-state index contributed by atoms with van der Waals surface area (Å²) in [4.78, 5) is 10.5. The number of nitro benzene ring substituents is 1. The van der Waals surface area contributed by atoms with Crippen LogP contribution in [0.25, 0.3) is 0 Å². The Balaban J connectivity index is 2.04. The first-order valence-corrected chi connectivity index (χ1v) is 9.81. The minimum Gasteiger partial charge on any atom is -0.455 e. The van der Waals surface area contributed by atoms with Gasteiger partial charge in [0, 0.05) is 18.7 Å². The molecule has 0 bridgehead atoms. The van der Waals surface area contributed by atoms with Gasteiger partial charge in [-0.2, -0.15) is 0 Å². The number of hydrogen-bond acceptors (Lipinski definition) is 5. The highest BCUT2D eigenvalue weighted by atomic mass is 32.2. The first kappa shape index (κ1) is 19.4. The average Bonchev–Trinajstić information content (AvgIpc) is 2.68. The van der Waals surface area contributed by atoms with E-state index >= 15 is 0 Å². The molecule has 144 valence electrons. The molecule has 0 radical (unpaired) electrons. The van der Waals surface area contributed by atoms with E-state index in [1.807, 2.05) is 18.2 Å². The molecule has 0 aliphatic rings. The fourth-order valence-corrected chi connectivity index (χ4v) is 4.22. The zero-order valence-electron chi connectivity index (χ0n) is 15.3. The molecule has 3 aromatic rings. The smallest absolute Gasteiger partial charge is 0.273 e. The Labute approximate surface area is 163 Å². The van der Waals surface area contributed by atoms with E-state index in [2.05, 4.69) is 0 Å². The molecular formula is C20H18N2O5S. The maximum Gasteiger partial charge on any atom is 0.273 e. The molecule has 0 saturated heterocycles. The summed E-state index contributed by atoms with van der Waals surface area (Å²) in [6, 6.07) is 19.7. The van der Waals surface area contributed by atoms with Gasteiger partial charge in [0.1, 0.15) is 5.75 Å². The van der Waals surface area contributed by atoms with Gasteiger partial charge in [0.25, 0.3) is 15.7 Å². The number of sulfonamides is 1. The van der Waals surface area contributed by atoms with Gasteiger partial charge >= 0.3 is 0 Å². The molecule has 8 heteroatoms. The second-order valence-corrected chi connectivity index (χ2v) is 7.95. The van der Waals surface area contributed by atoms with Crippen molar-refractivity contribution in [3.8, 4) is 11.5 Å². The average molecular weight is 398 g/mol. The highest BCUT2D eigenvalue weighted by molar-refractivity contribution is 7.92. The number of rotatable bonds is 6. The summed E-state index contributed by atoms with van der Waals surface area (Å²) in [5, 5.41) is 11.2. The van der Waals surface area contributed by atoms with Crippen molar-refractivity contribution >= 4 is 21.4 Å². The van der Waals surface area contributed by atoms with Gasteiger partial charge in [0.15, 0.2) is 5.75 Å². The third kappa shape index (κ3) is 3.67. The number of nitrogens with zero attached hydrogens (tertiary/aromatic N) is 2. The van der Waals surface area contributed by atoms with Crippen LogP contribution in [-0.2, 0) is 10.0 Å². The highest BCUT2D eigenvalue weighted by Crippen LogP contribution is 2.35. The summed E-state index contributed by atoms with van der Waals surface area (Å²) in [7, 11) is -2.65. The van der Waals surface area contributed by atoms with Crippen LogP contribution in [-0.4, -0.2) is 20.4 Å². The largest absolute Gasteiger partial charge is 0.455 e. The van der Waals surface area contributed by atoms with Crippen molar-refractivity contribution in [2.24, 2.45) is 0 Å². The third-order valence-electron chi connectivity index (χ3n) is 4.27. The van der Waals surface area contributed by atoms with Crippen molar-refractivity contribution in [3.63, 3.8) is 0 Å². The zero-order valence-corrected chi connectivity index (χ0v) is 16.1. The number of hydrogen-bond donors (Lipinski definition) is 0. The fraction of sp³-hybridized carbons (Fsp3) is 0.100. The van der Waals surface area contributed by atoms with Gasteiger partial charge < -0.3 is 4.74 Å². The van der Waals surface area contributed by atoms with Crippen molar-refractivity contribution < 1.29 is 18.1 Å². The Hall–Kier alpha value is -3.39. The lowest BCUT2D eigenvalue weighted by Crippen LogP contribution is -2.27. The normalized spacial score (nSPS) is 11.1. The van der Waals surface area contributed by atoms with Crippen LogP contribution < -0.4 is 9.04 Å². The van der Waals surface area contributed by atoms with Crippen LogP contribution in [0, 0.1) is 17.0 Å². The highest BCUT2D eigenvalue weighted by Gasteiger charge is 2.28. The third-order valence-corrected chi connectivity index (χ3v) is 6.18. The predicted octanol–water partition coefficient (Wildman–Crippen LogP) is 4.52. The number of benzene rings is 3. The van der Waals surface area contributed by atoms with E-state index in [1.54, 1.807) is 36.4 Å². The first-order chi connectivity index (χ1) is 13.3. The van der Waals surface area contributed by atoms with E-state index in [4.69, 9.17) is 4.74 Å². The van der Waals surface area contributed by atoms with Gasteiger partial charge in [-0.25, -0.2) is 8.42 Å². The maximum absolute atomic E-state index is 13.2. The van der Waals surface area contributed by atoms with Gasteiger partial charge in [-0.3, -0.25) is 14.4 Å². The molecule has 0 aliphatic carbocycles. The van der Waals surface area contributed by atoms with Crippen LogP contribution in [0.3, 0.4) is 0 Å². The molecule has 0 heterocycles.